The highest BCUT2D eigenvalue weighted by Gasteiger charge is 2.28. The van der Waals surface area contributed by atoms with Gasteiger partial charge in [-0.15, -0.1) is 0 Å². The molecule has 0 bridgehead atoms. The standard InChI is InChI=1S/C25H22ClN3O/c26-24-23(21-13-7-8-14-22(21)29(24)20-11-5-2-6-12-20)25(30)28-17-15-27(16-18-28)19-9-3-1-4-10-19/h1-14H,15-18H2. The molecule has 0 unspecified atom stereocenters. The summed E-state index contributed by atoms with van der Waals surface area (Å²) in [6, 6.07) is 28.2. The van der Waals surface area contributed by atoms with E-state index in [-0.39, 0.29) is 5.91 Å². The molecule has 0 saturated carbocycles. The normalized spacial score (nSPS) is 14.3. The molecule has 0 spiro atoms. The fraction of sp³-hybridized carbons (Fsp3) is 0.160. The lowest BCUT2D eigenvalue weighted by atomic mass is 10.1. The maximum atomic E-state index is 13.5. The van der Waals surface area contributed by atoms with E-state index in [0.29, 0.717) is 23.8 Å². The fourth-order valence-corrected chi connectivity index (χ4v) is 4.58. The molecule has 0 radical (unpaired) electrons. The van der Waals surface area contributed by atoms with Gasteiger partial charge in [0.25, 0.3) is 5.91 Å². The molecule has 30 heavy (non-hydrogen) atoms. The Morgan fingerprint density at radius 3 is 1.93 bits per heavy atom. The molecule has 150 valence electrons. The van der Waals surface area contributed by atoms with Crippen LogP contribution in [0.1, 0.15) is 10.4 Å². The van der Waals surface area contributed by atoms with Crippen LogP contribution >= 0.6 is 11.6 Å². The number of anilines is 1. The van der Waals surface area contributed by atoms with Crippen LogP contribution in [0.4, 0.5) is 5.69 Å². The number of para-hydroxylation sites is 3. The van der Waals surface area contributed by atoms with E-state index in [1.165, 1.54) is 5.69 Å². The summed E-state index contributed by atoms with van der Waals surface area (Å²) in [5, 5.41) is 1.36. The van der Waals surface area contributed by atoms with E-state index >= 15 is 0 Å². The largest absolute Gasteiger partial charge is 0.368 e. The Morgan fingerprint density at radius 2 is 1.27 bits per heavy atom. The zero-order valence-electron chi connectivity index (χ0n) is 16.5. The SMILES string of the molecule is O=C(c1c(Cl)n(-c2ccccc2)c2ccccc12)N1CCN(c2ccccc2)CC1. The second-order valence-electron chi connectivity index (χ2n) is 7.47. The van der Waals surface area contributed by atoms with E-state index < -0.39 is 0 Å². The van der Waals surface area contributed by atoms with Gasteiger partial charge in [0.15, 0.2) is 0 Å². The van der Waals surface area contributed by atoms with Gasteiger partial charge in [0.05, 0.1) is 11.1 Å². The fourth-order valence-electron chi connectivity index (χ4n) is 4.21. The van der Waals surface area contributed by atoms with Crippen molar-refractivity contribution in [3.63, 3.8) is 0 Å². The summed E-state index contributed by atoms with van der Waals surface area (Å²) in [6.45, 7) is 2.97. The van der Waals surface area contributed by atoms with Gasteiger partial charge in [-0.25, -0.2) is 0 Å². The van der Waals surface area contributed by atoms with Crippen LogP contribution in [0.3, 0.4) is 0 Å². The zero-order valence-corrected chi connectivity index (χ0v) is 17.3. The maximum Gasteiger partial charge on any atom is 0.257 e. The molecule has 1 saturated heterocycles. The summed E-state index contributed by atoms with van der Waals surface area (Å²) in [4.78, 5) is 17.8. The molecule has 5 rings (SSSR count). The molecule has 4 aromatic rings. The molecule has 1 aromatic heterocycles. The third-order valence-corrected chi connectivity index (χ3v) is 6.09. The van der Waals surface area contributed by atoms with Crippen LogP contribution in [-0.2, 0) is 0 Å². The second-order valence-corrected chi connectivity index (χ2v) is 7.83. The lowest BCUT2D eigenvalue weighted by Crippen LogP contribution is -2.48. The minimum absolute atomic E-state index is 0.00130. The Labute approximate surface area is 180 Å². The Balaban J connectivity index is 1.47. The first-order valence-electron chi connectivity index (χ1n) is 10.2. The van der Waals surface area contributed by atoms with Crippen molar-refractivity contribution in [2.75, 3.05) is 31.1 Å². The monoisotopic (exact) mass is 415 g/mol. The number of nitrogens with zero attached hydrogens (tertiary/aromatic N) is 3. The Bertz CT molecular complexity index is 1180. The average Bonchev–Trinajstić information content (AvgIpc) is 3.11. The zero-order chi connectivity index (χ0) is 20.5. The molecule has 1 fully saturated rings. The highest BCUT2D eigenvalue weighted by atomic mass is 35.5. The van der Waals surface area contributed by atoms with Crippen LogP contribution < -0.4 is 4.90 Å². The first-order valence-corrected chi connectivity index (χ1v) is 10.6. The summed E-state index contributed by atoms with van der Waals surface area (Å²) in [5.41, 5.74) is 3.68. The van der Waals surface area contributed by atoms with Gasteiger partial charge in [0.2, 0.25) is 0 Å². The second kappa shape index (κ2) is 7.88. The number of carbonyl (C=O) groups is 1. The van der Waals surface area contributed by atoms with Crippen molar-refractivity contribution in [2.24, 2.45) is 0 Å². The quantitative estimate of drug-likeness (QED) is 0.457. The Hall–Kier alpha value is -3.24. The lowest BCUT2D eigenvalue weighted by Gasteiger charge is -2.36. The topological polar surface area (TPSA) is 28.5 Å². The number of benzene rings is 3. The van der Waals surface area contributed by atoms with E-state index in [4.69, 9.17) is 11.6 Å². The molecule has 2 heterocycles. The molecule has 1 amide bonds. The van der Waals surface area contributed by atoms with Crippen molar-refractivity contribution < 1.29 is 4.79 Å². The first kappa shape index (κ1) is 18.8. The van der Waals surface area contributed by atoms with Crippen molar-refractivity contribution in [1.29, 1.82) is 0 Å². The number of amides is 1. The summed E-state index contributed by atoms with van der Waals surface area (Å²) in [7, 11) is 0. The van der Waals surface area contributed by atoms with Crippen molar-refractivity contribution >= 4 is 34.1 Å². The number of halogens is 1. The van der Waals surface area contributed by atoms with Crippen LogP contribution in [0.2, 0.25) is 5.15 Å². The highest BCUT2D eigenvalue weighted by molar-refractivity contribution is 6.36. The number of fused-ring (bicyclic) bond motifs is 1. The number of piperazine rings is 1. The average molecular weight is 416 g/mol. The van der Waals surface area contributed by atoms with Crippen molar-refractivity contribution in [2.45, 2.75) is 0 Å². The van der Waals surface area contributed by atoms with E-state index in [2.05, 4.69) is 17.0 Å². The Kier molecular flexibility index (Phi) is 4.93. The van der Waals surface area contributed by atoms with E-state index in [1.807, 2.05) is 82.3 Å². The van der Waals surface area contributed by atoms with Crippen molar-refractivity contribution in [1.82, 2.24) is 9.47 Å². The van der Waals surface area contributed by atoms with Gasteiger partial charge in [-0.05, 0) is 30.3 Å². The summed E-state index contributed by atoms with van der Waals surface area (Å²) in [5.74, 6) is -0.00130. The molecule has 0 aliphatic carbocycles. The number of hydrogen-bond acceptors (Lipinski definition) is 2. The predicted molar refractivity (Wildman–Crippen MR) is 123 cm³/mol. The van der Waals surface area contributed by atoms with Gasteiger partial charge >= 0.3 is 0 Å². The molecule has 1 aliphatic heterocycles. The number of carbonyl (C=O) groups excluding carboxylic acids is 1. The molecule has 0 atom stereocenters. The van der Waals surface area contributed by atoms with Crippen molar-refractivity contribution in [3.8, 4) is 5.69 Å². The Morgan fingerprint density at radius 1 is 0.700 bits per heavy atom. The minimum Gasteiger partial charge on any atom is -0.368 e. The van der Waals surface area contributed by atoms with Crippen LogP contribution in [0.5, 0.6) is 0 Å². The maximum absolute atomic E-state index is 13.5. The minimum atomic E-state index is -0.00130. The van der Waals surface area contributed by atoms with Crippen LogP contribution in [0.15, 0.2) is 84.9 Å². The number of rotatable bonds is 3. The van der Waals surface area contributed by atoms with Gasteiger partial charge in [-0.2, -0.15) is 0 Å². The number of aromatic nitrogens is 1. The summed E-state index contributed by atoms with van der Waals surface area (Å²) < 4.78 is 1.96. The molecular formula is C25H22ClN3O. The van der Waals surface area contributed by atoms with Crippen LogP contribution in [0, 0.1) is 0 Å². The van der Waals surface area contributed by atoms with E-state index in [1.54, 1.807) is 0 Å². The van der Waals surface area contributed by atoms with Crippen molar-refractivity contribution in [3.05, 3.63) is 95.6 Å². The molecule has 4 nitrogen and oxygen atoms in total. The third-order valence-electron chi connectivity index (χ3n) is 5.73. The molecule has 3 aromatic carbocycles. The van der Waals surface area contributed by atoms with Gasteiger partial charge in [0, 0.05) is 42.9 Å². The molecule has 5 heteroatoms. The third kappa shape index (κ3) is 3.23. The summed E-state index contributed by atoms with van der Waals surface area (Å²) in [6.07, 6.45) is 0. The van der Waals surface area contributed by atoms with Gasteiger partial charge < -0.3 is 9.80 Å². The molecule has 0 N–H and O–H groups in total. The van der Waals surface area contributed by atoms with Gasteiger partial charge in [0.1, 0.15) is 5.15 Å². The highest BCUT2D eigenvalue weighted by Crippen LogP contribution is 2.34. The smallest absolute Gasteiger partial charge is 0.257 e. The van der Waals surface area contributed by atoms with Gasteiger partial charge in [-0.1, -0.05) is 66.2 Å². The van der Waals surface area contributed by atoms with E-state index in [0.717, 1.165) is 29.7 Å². The van der Waals surface area contributed by atoms with Crippen LogP contribution in [-0.4, -0.2) is 41.6 Å². The molecular weight excluding hydrogens is 394 g/mol. The molecule has 1 aliphatic rings. The van der Waals surface area contributed by atoms with Crippen LogP contribution in [0.25, 0.3) is 16.6 Å². The lowest BCUT2D eigenvalue weighted by molar-refractivity contribution is 0.0749. The predicted octanol–water partition coefficient (Wildman–Crippen LogP) is 5.25. The number of hydrogen-bond donors (Lipinski definition) is 0. The van der Waals surface area contributed by atoms with Gasteiger partial charge in [-0.3, -0.25) is 9.36 Å². The first-order chi connectivity index (χ1) is 14.7. The summed E-state index contributed by atoms with van der Waals surface area (Å²) >= 11 is 6.83. The van der Waals surface area contributed by atoms with E-state index in [9.17, 15) is 4.79 Å².